The number of ether oxygens (including phenoxy) is 1. The highest BCUT2D eigenvalue weighted by Crippen LogP contribution is 2.16. The van der Waals surface area contributed by atoms with E-state index in [9.17, 15) is 4.79 Å². The molecule has 0 N–H and O–H groups in total. The van der Waals surface area contributed by atoms with E-state index < -0.39 is 5.60 Å². The number of hydrogen-bond acceptors (Lipinski definition) is 4. The Morgan fingerprint density at radius 1 is 1.15 bits per heavy atom. The number of carbonyl (C=O) groups is 1. The molecule has 106 valence electrons. The maximum absolute atomic E-state index is 11.7. The number of benzene rings is 1. The van der Waals surface area contributed by atoms with Crippen LogP contribution < -0.4 is 0 Å². The molecule has 2 radical (unpaired) electrons. The second-order valence-corrected chi connectivity index (χ2v) is 5.73. The lowest BCUT2D eigenvalue weighted by atomic mass is 10.2. The topological polar surface area (TPSA) is 32.8 Å². The quantitative estimate of drug-likeness (QED) is 0.789. The van der Waals surface area contributed by atoms with E-state index in [-0.39, 0.29) is 12.5 Å². The van der Waals surface area contributed by atoms with Crippen molar-refractivity contribution < 1.29 is 9.53 Å². The molecule has 1 aliphatic heterocycles. The van der Waals surface area contributed by atoms with Crippen molar-refractivity contribution in [2.24, 2.45) is 0 Å². The zero-order valence-electron chi connectivity index (χ0n) is 12.2. The maximum atomic E-state index is 11.7. The molecule has 0 saturated carbocycles. The highest BCUT2D eigenvalue weighted by atomic mass is 16.6. The first-order valence-corrected chi connectivity index (χ1v) is 6.66. The first kappa shape index (κ1) is 14.4. The molecule has 0 unspecified atom stereocenters. The molecule has 0 atom stereocenters. The van der Waals surface area contributed by atoms with Gasteiger partial charge >= 0.3 is 5.97 Å². The van der Waals surface area contributed by atoms with E-state index in [4.69, 9.17) is 4.74 Å². The fraction of sp³-hybridized carbons (Fsp3) is 0.375. The van der Waals surface area contributed by atoms with Gasteiger partial charge in [-0.25, -0.2) is 0 Å². The van der Waals surface area contributed by atoms with Gasteiger partial charge in [0, 0.05) is 18.9 Å². The molecule has 1 aromatic rings. The molecule has 1 heterocycles. The summed E-state index contributed by atoms with van der Waals surface area (Å²) in [5, 5.41) is 0. The van der Waals surface area contributed by atoms with Crippen LogP contribution in [0.5, 0.6) is 0 Å². The zero-order valence-corrected chi connectivity index (χ0v) is 12.2. The lowest BCUT2D eigenvalue weighted by Crippen LogP contribution is -2.31. The molecule has 2 rings (SSSR count). The van der Waals surface area contributed by atoms with E-state index >= 15 is 0 Å². The van der Waals surface area contributed by atoms with Gasteiger partial charge in [0.2, 0.25) is 6.67 Å². The first-order chi connectivity index (χ1) is 9.42. The van der Waals surface area contributed by atoms with E-state index in [1.165, 1.54) is 5.56 Å². The van der Waals surface area contributed by atoms with Gasteiger partial charge in [0.05, 0.1) is 0 Å². The highest BCUT2D eigenvalue weighted by molar-refractivity contribution is 5.72. The van der Waals surface area contributed by atoms with E-state index in [0.29, 0.717) is 0 Å². The van der Waals surface area contributed by atoms with Gasteiger partial charge < -0.3 is 14.5 Å². The molecule has 0 spiro atoms. The second-order valence-electron chi connectivity index (χ2n) is 5.73. The standard InChI is InChI=1S/C16H20N2O2/c1-16(2,3)20-15(19)12-18-10-9-17(13-18)11-14-7-5-4-6-8-14/h4-10H,11-12H2,1-3H3. The third-order valence-corrected chi connectivity index (χ3v) is 2.60. The molecule has 0 bridgehead atoms. The van der Waals surface area contributed by atoms with Crippen LogP contribution in [0.25, 0.3) is 0 Å². The molecular formula is C16H20N2O2. The average molecular weight is 272 g/mol. The molecular weight excluding hydrogens is 252 g/mol. The molecule has 20 heavy (non-hydrogen) atoms. The van der Waals surface area contributed by atoms with E-state index in [2.05, 4.69) is 18.8 Å². The lowest BCUT2D eigenvalue weighted by molar-refractivity contribution is -0.155. The Labute approximate surface area is 120 Å². The van der Waals surface area contributed by atoms with Crippen molar-refractivity contribution in [1.29, 1.82) is 0 Å². The van der Waals surface area contributed by atoms with Crippen LogP contribution in [-0.4, -0.2) is 27.9 Å². The number of hydrogen-bond donors (Lipinski definition) is 0. The minimum absolute atomic E-state index is 0.180. The van der Waals surface area contributed by atoms with Crippen LogP contribution in [-0.2, 0) is 16.1 Å². The molecule has 0 aliphatic carbocycles. The van der Waals surface area contributed by atoms with Crippen molar-refractivity contribution in [2.75, 3.05) is 6.54 Å². The summed E-state index contributed by atoms with van der Waals surface area (Å²) in [4.78, 5) is 15.3. The van der Waals surface area contributed by atoms with E-state index in [0.717, 1.165) is 6.54 Å². The SMILES string of the molecule is CC(C)(C)OC(=O)CN1[C]N(Cc2ccccc2)C=C1. The van der Waals surface area contributed by atoms with Crippen LogP contribution in [0.15, 0.2) is 42.7 Å². The van der Waals surface area contributed by atoms with Crippen molar-refractivity contribution in [1.82, 2.24) is 9.80 Å². The summed E-state index contributed by atoms with van der Waals surface area (Å²) in [6, 6.07) is 10.1. The van der Waals surface area contributed by atoms with Gasteiger partial charge in [-0.2, -0.15) is 0 Å². The second kappa shape index (κ2) is 5.99. The van der Waals surface area contributed by atoms with Crippen molar-refractivity contribution in [3.8, 4) is 0 Å². The Morgan fingerprint density at radius 2 is 1.80 bits per heavy atom. The summed E-state index contributed by atoms with van der Waals surface area (Å²) in [5.74, 6) is -0.254. The molecule has 1 aliphatic rings. The van der Waals surface area contributed by atoms with Gasteiger partial charge in [0.1, 0.15) is 12.1 Å². The molecule has 4 heteroatoms. The molecule has 1 aromatic carbocycles. The van der Waals surface area contributed by atoms with Crippen molar-refractivity contribution >= 4 is 5.97 Å². The van der Waals surface area contributed by atoms with Crippen molar-refractivity contribution in [3.05, 3.63) is 55.0 Å². The van der Waals surface area contributed by atoms with Crippen LogP contribution >= 0.6 is 0 Å². The largest absolute Gasteiger partial charge is 0.459 e. The molecule has 0 fully saturated rings. The smallest absolute Gasteiger partial charge is 0.326 e. The Morgan fingerprint density at radius 3 is 2.45 bits per heavy atom. The Hall–Kier alpha value is -1.97. The summed E-state index contributed by atoms with van der Waals surface area (Å²) < 4.78 is 5.28. The van der Waals surface area contributed by atoms with Crippen LogP contribution in [0.2, 0.25) is 0 Å². The monoisotopic (exact) mass is 272 g/mol. The molecule has 0 saturated heterocycles. The van der Waals surface area contributed by atoms with E-state index in [1.807, 2.05) is 56.3 Å². The minimum atomic E-state index is -0.454. The zero-order chi connectivity index (χ0) is 14.6. The first-order valence-electron chi connectivity index (χ1n) is 6.66. The fourth-order valence-corrected chi connectivity index (χ4v) is 1.86. The van der Waals surface area contributed by atoms with Crippen molar-refractivity contribution in [3.63, 3.8) is 0 Å². The number of esters is 1. The summed E-state index contributed by atoms with van der Waals surface area (Å²) in [7, 11) is 0. The summed E-state index contributed by atoms with van der Waals surface area (Å²) in [5.41, 5.74) is 0.744. The minimum Gasteiger partial charge on any atom is -0.459 e. The van der Waals surface area contributed by atoms with Gasteiger partial charge in [0.25, 0.3) is 0 Å². The maximum Gasteiger partial charge on any atom is 0.326 e. The molecule has 0 aromatic heterocycles. The van der Waals surface area contributed by atoms with Gasteiger partial charge in [-0.3, -0.25) is 4.79 Å². The van der Waals surface area contributed by atoms with Gasteiger partial charge in [-0.1, -0.05) is 30.3 Å². The highest BCUT2D eigenvalue weighted by Gasteiger charge is 2.21. The third kappa shape index (κ3) is 4.61. The van der Waals surface area contributed by atoms with Gasteiger partial charge in [-0.05, 0) is 26.3 Å². The number of carbonyl (C=O) groups excluding carboxylic acids is 1. The summed E-state index contributed by atoms with van der Waals surface area (Å²) in [6.07, 6.45) is 3.73. The van der Waals surface area contributed by atoms with E-state index in [1.54, 1.807) is 4.90 Å². The molecule has 0 amide bonds. The Bertz CT molecular complexity index is 477. The van der Waals surface area contributed by atoms with Crippen LogP contribution in [0.4, 0.5) is 0 Å². The summed E-state index contributed by atoms with van der Waals surface area (Å²) >= 11 is 0. The Kier molecular flexibility index (Phi) is 4.32. The normalized spacial score (nSPS) is 14.8. The Balaban J connectivity index is 1.79. The average Bonchev–Trinajstić information content (AvgIpc) is 2.75. The number of rotatable bonds is 4. The van der Waals surface area contributed by atoms with Crippen LogP contribution in [0.3, 0.4) is 0 Å². The number of nitrogens with zero attached hydrogens (tertiary/aromatic N) is 2. The van der Waals surface area contributed by atoms with Crippen LogP contribution in [0, 0.1) is 6.67 Å². The predicted octanol–water partition coefficient (Wildman–Crippen LogP) is 2.61. The summed E-state index contributed by atoms with van der Waals surface area (Å²) in [6.45, 7) is 9.61. The van der Waals surface area contributed by atoms with Gasteiger partial charge in [-0.15, -0.1) is 0 Å². The third-order valence-electron chi connectivity index (χ3n) is 2.60. The lowest BCUT2D eigenvalue weighted by Gasteiger charge is -2.22. The fourth-order valence-electron chi connectivity index (χ4n) is 1.86. The van der Waals surface area contributed by atoms with Gasteiger partial charge in [0.15, 0.2) is 0 Å². The van der Waals surface area contributed by atoms with Crippen LogP contribution in [0.1, 0.15) is 26.3 Å². The van der Waals surface area contributed by atoms with Crippen molar-refractivity contribution in [2.45, 2.75) is 32.9 Å². The molecule has 4 nitrogen and oxygen atoms in total. The predicted molar refractivity (Wildman–Crippen MR) is 76.9 cm³/mol.